The van der Waals surface area contributed by atoms with Crippen molar-refractivity contribution in [2.24, 2.45) is 0 Å². The standard InChI is InChI=1S/C13H16N2O/c1-8(2)10-4-6-11(7-5-10)13-12(14)9(3)15-16-13/h4-8H,14H2,1-3H3. The second-order valence-electron chi connectivity index (χ2n) is 4.29. The molecule has 0 bridgehead atoms. The Morgan fingerprint density at radius 3 is 2.25 bits per heavy atom. The Labute approximate surface area is 95.3 Å². The molecule has 1 aromatic carbocycles. The maximum atomic E-state index is 5.88. The second kappa shape index (κ2) is 4.00. The molecule has 0 radical (unpaired) electrons. The highest BCUT2D eigenvalue weighted by molar-refractivity contribution is 5.72. The summed E-state index contributed by atoms with van der Waals surface area (Å²) in [4.78, 5) is 0. The first-order valence-corrected chi connectivity index (χ1v) is 5.41. The fourth-order valence-electron chi connectivity index (χ4n) is 1.60. The molecular formula is C13H16N2O. The summed E-state index contributed by atoms with van der Waals surface area (Å²) >= 11 is 0. The lowest BCUT2D eigenvalue weighted by atomic mass is 10.0. The molecule has 3 heteroatoms. The molecule has 84 valence electrons. The summed E-state index contributed by atoms with van der Waals surface area (Å²) in [6.45, 7) is 6.18. The minimum absolute atomic E-state index is 0.530. The largest absolute Gasteiger partial charge is 0.394 e. The monoisotopic (exact) mass is 216 g/mol. The second-order valence-corrected chi connectivity index (χ2v) is 4.29. The summed E-state index contributed by atoms with van der Waals surface area (Å²) in [5.74, 6) is 1.19. The highest BCUT2D eigenvalue weighted by atomic mass is 16.5. The highest BCUT2D eigenvalue weighted by Crippen LogP contribution is 2.29. The minimum atomic E-state index is 0.530. The Morgan fingerprint density at radius 2 is 1.81 bits per heavy atom. The summed E-state index contributed by atoms with van der Waals surface area (Å²) in [6.07, 6.45) is 0. The van der Waals surface area contributed by atoms with E-state index in [1.165, 1.54) is 5.56 Å². The van der Waals surface area contributed by atoms with E-state index in [9.17, 15) is 0 Å². The van der Waals surface area contributed by atoms with Crippen molar-refractivity contribution in [3.8, 4) is 11.3 Å². The van der Waals surface area contributed by atoms with E-state index in [4.69, 9.17) is 10.3 Å². The molecule has 16 heavy (non-hydrogen) atoms. The Balaban J connectivity index is 2.38. The average Bonchev–Trinajstić information content (AvgIpc) is 2.60. The molecule has 0 aliphatic carbocycles. The molecule has 0 amide bonds. The number of hydrogen-bond donors (Lipinski definition) is 1. The van der Waals surface area contributed by atoms with E-state index in [0.29, 0.717) is 17.4 Å². The zero-order valence-corrected chi connectivity index (χ0v) is 9.82. The third-order valence-electron chi connectivity index (χ3n) is 2.75. The quantitative estimate of drug-likeness (QED) is 0.837. The van der Waals surface area contributed by atoms with Gasteiger partial charge in [-0.3, -0.25) is 0 Å². The van der Waals surface area contributed by atoms with Crippen molar-refractivity contribution in [1.82, 2.24) is 5.16 Å². The van der Waals surface area contributed by atoms with Crippen LogP contribution in [0.15, 0.2) is 28.8 Å². The zero-order chi connectivity index (χ0) is 11.7. The van der Waals surface area contributed by atoms with Crippen LogP contribution in [0.25, 0.3) is 11.3 Å². The van der Waals surface area contributed by atoms with Gasteiger partial charge in [-0.05, 0) is 18.4 Å². The van der Waals surface area contributed by atoms with Gasteiger partial charge in [0.25, 0.3) is 0 Å². The van der Waals surface area contributed by atoms with E-state index >= 15 is 0 Å². The molecule has 2 aromatic rings. The van der Waals surface area contributed by atoms with E-state index in [-0.39, 0.29) is 0 Å². The van der Waals surface area contributed by atoms with E-state index in [1.54, 1.807) is 0 Å². The molecule has 3 nitrogen and oxygen atoms in total. The molecule has 1 aromatic heterocycles. The summed E-state index contributed by atoms with van der Waals surface area (Å²) in [7, 11) is 0. The summed E-state index contributed by atoms with van der Waals surface area (Å²) < 4.78 is 5.21. The molecule has 2 N–H and O–H groups in total. The maximum Gasteiger partial charge on any atom is 0.189 e. The van der Waals surface area contributed by atoms with Gasteiger partial charge in [0.1, 0.15) is 11.4 Å². The molecule has 0 fully saturated rings. The molecule has 0 saturated heterocycles. The van der Waals surface area contributed by atoms with Gasteiger partial charge in [0.05, 0.1) is 0 Å². The lowest BCUT2D eigenvalue weighted by Crippen LogP contribution is -1.89. The first-order chi connectivity index (χ1) is 7.59. The van der Waals surface area contributed by atoms with Crippen molar-refractivity contribution in [1.29, 1.82) is 0 Å². The zero-order valence-electron chi connectivity index (χ0n) is 9.82. The highest BCUT2D eigenvalue weighted by Gasteiger charge is 2.11. The van der Waals surface area contributed by atoms with Crippen molar-refractivity contribution >= 4 is 5.69 Å². The van der Waals surface area contributed by atoms with E-state index in [0.717, 1.165) is 11.3 Å². The van der Waals surface area contributed by atoms with E-state index < -0.39 is 0 Å². The van der Waals surface area contributed by atoms with Crippen LogP contribution in [0.2, 0.25) is 0 Å². The van der Waals surface area contributed by atoms with Crippen LogP contribution in [0.3, 0.4) is 0 Å². The lowest BCUT2D eigenvalue weighted by molar-refractivity contribution is 0.427. The van der Waals surface area contributed by atoms with Gasteiger partial charge < -0.3 is 10.3 Å². The number of benzene rings is 1. The van der Waals surface area contributed by atoms with Crippen LogP contribution in [-0.4, -0.2) is 5.16 Å². The van der Waals surface area contributed by atoms with Crippen LogP contribution in [0.5, 0.6) is 0 Å². The van der Waals surface area contributed by atoms with Crippen molar-refractivity contribution in [3.05, 3.63) is 35.5 Å². The maximum absolute atomic E-state index is 5.88. The average molecular weight is 216 g/mol. The van der Waals surface area contributed by atoms with Crippen molar-refractivity contribution in [3.63, 3.8) is 0 Å². The van der Waals surface area contributed by atoms with Gasteiger partial charge in [0.15, 0.2) is 5.76 Å². The number of nitrogens with two attached hydrogens (primary N) is 1. The molecule has 0 atom stereocenters. The van der Waals surface area contributed by atoms with E-state index in [2.05, 4.69) is 31.1 Å². The normalized spacial score (nSPS) is 11.0. The summed E-state index contributed by atoms with van der Waals surface area (Å²) in [5.41, 5.74) is 9.52. The molecule has 0 aliphatic rings. The van der Waals surface area contributed by atoms with Gasteiger partial charge in [0.2, 0.25) is 0 Å². The number of nitrogens with zero attached hydrogens (tertiary/aromatic N) is 1. The number of rotatable bonds is 2. The van der Waals surface area contributed by atoms with Gasteiger partial charge in [-0.2, -0.15) is 0 Å². The molecule has 0 spiro atoms. The molecule has 1 heterocycles. The van der Waals surface area contributed by atoms with Crippen LogP contribution in [0, 0.1) is 6.92 Å². The number of nitrogen functional groups attached to an aromatic ring is 1. The molecule has 2 rings (SSSR count). The predicted molar refractivity (Wildman–Crippen MR) is 65.2 cm³/mol. The topological polar surface area (TPSA) is 52.0 Å². The van der Waals surface area contributed by atoms with Crippen molar-refractivity contribution in [2.45, 2.75) is 26.7 Å². The fourth-order valence-corrected chi connectivity index (χ4v) is 1.60. The number of anilines is 1. The van der Waals surface area contributed by atoms with Gasteiger partial charge in [-0.1, -0.05) is 43.3 Å². The predicted octanol–water partition coefficient (Wildman–Crippen LogP) is 3.36. The third kappa shape index (κ3) is 1.81. The molecule has 0 saturated carbocycles. The van der Waals surface area contributed by atoms with Crippen molar-refractivity contribution < 1.29 is 4.52 Å². The van der Waals surface area contributed by atoms with Gasteiger partial charge >= 0.3 is 0 Å². The summed E-state index contributed by atoms with van der Waals surface area (Å²) in [5, 5.41) is 3.85. The lowest BCUT2D eigenvalue weighted by Gasteiger charge is -2.05. The number of hydrogen-bond acceptors (Lipinski definition) is 3. The van der Waals surface area contributed by atoms with Gasteiger partial charge in [0, 0.05) is 5.56 Å². The Kier molecular flexibility index (Phi) is 2.69. The first-order valence-electron chi connectivity index (χ1n) is 5.41. The van der Waals surface area contributed by atoms with Gasteiger partial charge in [-0.15, -0.1) is 0 Å². The Bertz CT molecular complexity index is 483. The van der Waals surface area contributed by atoms with Gasteiger partial charge in [-0.25, -0.2) is 0 Å². The Hall–Kier alpha value is -1.77. The SMILES string of the molecule is Cc1noc(-c2ccc(C(C)C)cc2)c1N. The Morgan fingerprint density at radius 1 is 1.19 bits per heavy atom. The van der Waals surface area contributed by atoms with Crippen LogP contribution >= 0.6 is 0 Å². The van der Waals surface area contributed by atoms with E-state index in [1.807, 2.05) is 19.1 Å². The number of aromatic nitrogens is 1. The van der Waals surface area contributed by atoms with Crippen LogP contribution < -0.4 is 5.73 Å². The van der Waals surface area contributed by atoms with Crippen molar-refractivity contribution in [2.75, 3.05) is 5.73 Å². The minimum Gasteiger partial charge on any atom is -0.394 e. The third-order valence-corrected chi connectivity index (χ3v) is 2.75. The molecule has 0 aliphatic heterocycles. The fraction of sp³-hybridized carbons (Fsp3) is 0.308. The summed E-state index contributed by atoms with van der Waals surface area (Å²) in [6, 6.07) is 8.23. The van der Waals surface area contributed by atoms with Crippen LogP contribution in [0.1, 0.15) is 31.0 Å². The smallest absolute Gasteiger partial charge is 0.189 e. The molecular weight excluding hydrogens is 200 g/mol. The van der Waals surface area contributed by atoms with Crippen LogP contribution in [-0.2, 0) is 0 Å². The van der Waals surface area contributed by atoms with Crippen LogP contribution in [0.4, 0.5) is 5.69 Å². The number of aryl methyl sites for hydroxylation is 1. The molecule has 0 unspecified atom stereocenters. The first kappa shape index (κ1) is 10.7.